The summed E-state index contributed by atoms with van der Waals surface area (Å²) in [4.78, 5) is 0. The first-order valence-electron chi connectivity index (χ1n) is 8.34. The highest BCUT2D eigenvalue weighted by Crippen LogP contribution is 2.22. The molecule has 0 unspecified atom stereocenters. The van der Waals surface area contributed by atoms with Crippen molar-refractivity contribution in [2.24, 2.45) is 0 Å². The van der Waals surface area contributed by atoms with Crippen LogP contribution >= 0.6 is 0 Å². The van der Waals surface area contributed by atoms with E-state index in [1.807, 2.05) is 0 Å². The molecule has 0 aromatic heterocycles. The normalized spacial score (nSPS) is 20.2. The van der Waals surface area contributed by atoms with E-state index in [9.17, 15) is 0 Å². The summed E-state index contributed by atoms with van der Waals surface area (Å²) < 4.78 is 0. The zero-order valence-electron chi connectivity index (χ0n) is 13.2. The number of hydrogen-bond acceptors (Lipinski definition) is 0. The van der Waals surface area contributed by atoms with E-state index in [1.165, 1.54) is 36.8 Å². The fourth-order valence-electron chi connectivity index (χ4n) is 3.16. The highest BCUT2D eigenvalue weighted by atomic mass is 14.1. The third-order valence-corrected chi connectivity index (χ3v) is 4.34. The summed E-state index contributed by atoms with van der Waals surface area (Å²) in [5, 5.41) is 0. The van der Waals surface area contributed by atoms with Gasteiger partial charge in [-0.1, -0.05) is 84.0 Å². The molecule has 0 aliphatic heterocycles. The first kappa shape index (κ1) is 14.8. The zero-order valence-corrected chi connectivity index (χ0v) is 13.2. The van der Waals surface area contributed by atoms with Crippen molar-refractivity contribution < 1.29 is 0 Å². The third kappa shape index (κ3) is 4.46. The Balaban J connectivity index is 1.57. The lowest BCUT2D eigenvalue weighted by Gasteiger charge is -2.13. The summed E-state index contributed by atoms with van der Waals surface area (Å²) in [5.41, 5.74) is 6.06. The maximum absolute atomic E-state index is 2.48. The quantitative estimate of drug-likeness (QED) is 0.614. The average Bonchev–Trinajstić information content (AvgIpc) is 2.54. The molecule has 0 amide bonds. The van der Waals surface area contributed by atoms with Gasteiger partial charge in [-0.25, -0.2) is 0 Å². The summed E-state index contributed by atoms with van der Waals surface area (Å²) in [7, 11) is 0. The molecular weight excluding hydrogens is 264 g/mol. The van der Waals surface area contributed by atoms with Crippen molar-refractivity contribution in [2.45, 2.75) is 38.5 Å². The minimum Gasteiger partial charge on any atom is -0.0847 e. The standard InChI is InChI=1S/C22H24/c1-3-9-19(10-4-1)17-21-13-7-15-22(16-8-14-21)18-20-11-5-2-6-12-20/h1-6,9-13,16H,7-8,14-15,17-18H2/b21-13+,22-16+. The molecule has 0 fully saturated rings. The molecule has 0 radical (unpaired) electrons. The molecule has 0 atom stereocenters. The lowest BCUT2D eigenvalue weighted by molar-refractivity contribution is 0.830. The Labute approximate surface area is 134 Å². The molecule has 1 aliphatic carbocycles. The van der Waals surface area contributed by atoms with Crippen LogP contribution in [0.2, 0.25) is 0 Å². The average molecular weight is 288 g/mol. The summed E-state index contributed by atoms with van der Waals surface area (Å²) in [6.07, 6.45) is 11.9. The van der Waals surface area contributed by atoms with Crippen molar-refractivity contribution in [3.63, 3.8) is 0 Å². The Hall–Kier alpha value is -2.08. The van der Waals surface area contributed by atoms with Crippen LogP contribution < -0.4 is 0 Å². The molecule has 2 aromatic rings. The lowest BCUT2D eigenvalue weighted by atomic mass is 9.93. The predicted molar refractivity (Wildman–Crippen MR) is 94.9 cm³/mol. The van der Waals surface area contributed by atoms with Gasteiger partial charge >= 0.3 is 0 Å². The molecule has 22 heavy (non-hydrogen) atoms. The molecule has 1 aliphatic rings. The van der Waals surface area contributed by atoms with Gasteiger partial charge in [-0.05, 0) is 49.7 Å². The zero-order chi connectivity index (χ0) is 15.0. The second kappa shape index (κ2) is 7.79. The smallest absolute Gasteiger partial charge is 0.00670 e. The third-order valence-electron chi connectivity index (χ3n) is 4.34. The Kier molecular flexibility index (Phi) is 5.26. The van der Waals surface area contributed by atoms with Crippen LogP contribution in [0.5, 0.6) is 0 Å². The molecule has 0 heteroatoms. The van der Waals surface area contributed by atoms with Gasteiger partial charge in [0.15, 0.2) is 0 Å². The molecule has 0 N–H and O–H groups in total. The summed E-state index contributed by atoms with van der Waals surface area (Å²) in [5.74, 6) is 0. The topological polar surface area (TPSA) is 0 Å². The molecule has 2 aromatic carbocycles. The minimum absolute atomic E-state index is 1.11. The molecule has 0 spiro atoms. The van der Waals surface area contributed by atoms with Crippen LogP contribution in [0.25, 0.3) is 0 Å². The van der Waals surface area contributed by atoms with E-state index >= 15 is 0 Å². The predicted octanol–water partition coefficient (Wildman–Crippen LogP) is 5.90. The molecule has 0 saturated heterocycles. The number of allylic oxidation sites excluding steroid dienone is 4. The first-order valence-corrected chi connectivity index (χ1v) is 8.34. The van der Waals surface area contributed by atoms with Gasteiger partial charge in [0, 0.05) is 0 Å². The highest BCUT2D eigenvalue weighted by molar-refractivity contribution is 5.25. The second-order valence-corrected chi connectivity index (χ2v) is 6.13. The Bertz CT molecular complexity index is 573. The lowest BCUT2D eigenvalue weighted by Crippen LogP contribution is -1.97. The van der Waals surface area contributed by atoms with E-state index in [1.54, 1.807) is 11.1 Å². The van der Waals surface area contributed by atoms with Crippen LogP contribution in [0.1, 0.15) is 36.8 Å². The molecule has 3 rings (SSSR count). The Morgan fingerprint density at radius 2 is 0.955 bits per heavy atom. The Morgan fingerprint density at radius 1 is 0.545 bits per heavy atom. The van der Waals surface area contributed by atoms with Crippen LogP contribution in [-0.4, -0.2) is 0 Å². The largest absolute Gasteiger partial charge is 0.0847 e. The Morgan fingerprint density at radius 3 is 1.36 bits per heavy atom. The van der Waals surface area contributed by atoms with Crippen molar-refractivity contribution in [1.82, 2.24) is 0 Å². The van der Waals surface area contributed by atoms with Crippen LogP contribution in [0, 0.1) is 0 Å². The first-order chi connectivity index (χ1) is 10.9. The van der Waals surface area contributed by atoms with Crippen molar-refractivity contribution in [1.29, 1.82) is 0 Å². The molecule has 112 valence electrons. The van der Waals surface area contributed by atoms with E-state index in [2.05, 4.69) is 72.8 Å². The molecule has 0 bridgehead atoms. The summed E-state index contributed by atoms with van der Waals surface area (Å²) in [6.45, 7) is 0. The van der Waals surface area contributed by atoms with Crippen molar-refractivity contribution in [3.8, 4) is 0 Å². The fourth-order valence-corrected chi connectivity index (χ4v) is 3.16. The van der Waals surface area contributed by atoms with E-state index in [0.29, 0.717) is 0 Å². The van der Waals surface area contributed by atoms with E-state index in [-0.39, 0.29) is 0 Å². The van der Waals surface area contributed by atoms with Gasteiger partial charge in [-0.2, -0.15) is 0 Å². The van der Waals surface area contributed by atoms with Gasteiger partial charge < -0.3 is 0 Å². The molecule has 0 heterocycles. The van der Waals surface area contributed by atoms with Crippen LogP contribution in [0.3, 0.4) is 0 Å². The number of rotatable bonds is 4. The molecule has 0 nitrogen and oxygen atoms in total. The monoisotopic (exact) mass is 288 g/mol. The van der Waals surface area contributed by atoms with Crippen LogP contribution in [0.15, 0.2) is 84.0 Å². The highest BCUT2D eigenvalue weighted by Gasteiger charge is 2.05. The van der Waals surface area contributed by atoms with Gasteiger partial charge in [0.1, 0.15) is 0 Å². The van der Waals surface area contributed by atoms with Gasteiger partial charge in [-0.3, -0.25) is 0 Å². The second-order valence-electron chi connectivity index (χ2n) is 6.13. The van der Waals surface area contributed by atoms with Gasteiger partial charge in [0.2, 0.25) is 0 Å². The molecular formula is C22H24. The minimum atomic E-state index is 1.11. The molecule has 0 saturated carbocycles. The van der Waals surface area contributed by atoms with Gasteiger partial charge in [0.05, 0.1) is 0 Å². The number of benzene rings is 2. The summed E-state index contributed by atoms with van der Waals surface area (Å²) in [6, 6.07) is 21.7. The van der Waals surface area contributed by atoms with Crippen LogP contribution in [-0.2, 0) is 12.8 Å². The van der Waals surface area contributed by atoms with Crippen LogP contribution in [0.4, 0.5) is 0 Å². The van der Waals surface area contributed by atoms with Gasteiger partial charge in [-0.15, -0.1) is 0 Å². The number of hydrogen-bond donors (Lipinski definition) is 0. The fraction of sp³-hybridized carbons (Fsp3) is 0.273. The maximum Gasteiger partial charge on any atom is -0.00670 e. The van der Waals surface area contributed by atoms with Gasteiger partial charge in [0.25, 0.3) is 0 Å². The van der Waals surface area contributed by atoms with E-state index in [4.69, 9.17) is 0 Å². The van der Waals surface area contributed by atoms with E-state index < -0.39 is 0 Å². The SMILES string of the molecule is C1=C(/Cc2ccccc2)CC/C=C(/Cc2ccccc2)CC/1. The van der Waals surface area contributed by atoms with Crippen molar-refractivity contribution in [3.05, 3.63) is 95.1 Å². The van der Waals surface area contributed by atoms with E-state index in [0.717, 1.165) is 12.8 Å². The van der Waals surface area contributed by atoms with Crippen molar-refractivity contribution >= 4 is 0 Å². The maximum atomic E-state index is 2.48. The summed E-state index contributed by atoms with van der Waals surface area (Å²) >= 11 is 0. The van der Waals surface area contributed by atoms with Crippen molar-refractivity contribution in [2.75, 3.05) is 0 Å².